The second kappa shape index (κ2) is 9.30. The van der Waals surface area contributed by atoms with Crippen LogP contribution in [0, 0.1) is 11.8 Å². The normalized spacial score (nSPS) is 22.0. The topological polar surface area (TPSA) is 48.6 Å². The molecule has 2 aliphatic rings. The molecule has 4 rings (SSSR count). The molecule has 0 spiro atoms. The van der Waals surface area contributed by atoms with E-state index in [0.29, 0.717) is 18.4 Å². The van der Waals surface area contributed by atoms with Gasteiger partial charge in [0.2, 0.25) is 0 Å². The molecule has 2 unspecified atom stereocenters. The van der Waals surface area contributed by atoms with Crippen molar-refractivity contribution < 1.29 is 22.7 Å². The van der Waals surface area contributed by atoms with E-state index < -0.39 is 11.7 Å². The first kappa shape index (κ1) is 22.3. The van der Waals surface area contributed by atoms with Gasteiger partial charge in [0, 0.05) is 42.8 Å². The third-order valence-electron chi connectivity index (χ3n) is 6.83. The Labute approximate surface area is 180 Å². The van der Waals surface area contributed by atoms with Crippen LogP contribution in [-0.4, -0.2) is 74.1 Å². The van der Waals surface area contributed by atoms with Crippen LogP contribution in [0.15, 0.2) is 18.2 Å². The fourth-order valence-corrected chi connectivity index (χ4v) is 5.05. The van der Waals surface area contributed by atoms with E-state index in [9.17, 15) is 18.0 Å². The van der Waals surface area contributed by atoms with Crippen molar-refractivity contribution in [3.8, 4) is 0 Å². The van der Waals surface area contributed by atoms with Crippen molar-refractivity contribution in [1.82, 2.24) is 14.8 Å². The van der Waals surface area contributed by atoms with Crippen molar-refractivity contribution in [2.24, 2.45) is 11.8 Å². The number of likely N-dealkylation sites (N-methyl/N-ethyl adjacent to an activating group) is 1. The summed E-state index contributed by atoms with van der Waals surface area (Å²) in [4.78, 5) is 18.4. The highest BCUT2D eigenvalue weighted by molar-refractivity contribution is 5.85. The van der Waals surface area contributed by atoms with E-state index >= 15 is 0 Å². The molecule has 1 aliphatic heterocycles. The van der Waals surface area contributed by atoms with Gasteiger partial charge in [-0.2, -0.15) is 13.2 Å². The molecule has 0 radical (unpaired) electrons. The van der Waals surface area contributed by atoms with Gasteiger partial charge in [-0.3, -0.25) is 0 Å². The maximum atomic E-state index is 13.2. The quantitative estimate of drug-likeness (QED) is 0.508. The molecule has 31 heavy (non-hydrogen) atoms. The fraction of sp³-hybridized carbons (Fsp3) is 0.609. The number of benzene rings is 1. The maximum absolute atomic E-state index is 13.2. The largest absolute Gasteiger partial charge is 0.416 e. The van der Waals surface area contributed by atoms with E-state index in [1.165, 1.54) is 12.1 Å². The molecular formula is C23H30F3N3O2. The zero-order valence-corrected chi connectivity index (χ0v) is 17.9. The van der Waals surface area contributed by atoms with Gasteiger partial charge in [0.25, 0.3) is 0 Å². The Kier molecular flexibility index (Phi) is 6.69. The van der Waals surface area contributed by atoms with E-state index in [1.54, 1.807) is 6.07 Å². The molecule has 2 atom stereocenters. The number of H-pyrrole nitrogens is 1. The number of fused-ring (bicyclic) bond motifs is 4. The molecule has 0 bridgehead atoms. The lowest BCUT2D eigenvalue weighted by atomic mass is 9.74. The minimum atomic E-state index is -4.32. The van der Waals surface area contributed by atoms with E-state index in [0.717, 1.165) is 80.4 Å². The number of likely N-dealkylation sites (tertiary alicyclic amines) is 1. The van der Waals surface area contributed by atoms with Crippen molar-refractivity contribution in [2.75, 3.05) is 53.0 Å². The number of hydrogen-bond acceptors (Lipinski definition) is 4. The number of ether oxygens (including phenoxy) is 1. The summed E-state index contributed by atoms with van der Waals surface area (Å²) in [6.07, 6.45) is -0.663. The summed E-state index contributed by atoms with van der Waals surface area (Å²) in [6, 6.07) is 4.05. The van der Waals surface area contributed by atoms with Crippen LogP contribution < -0.4 is 0 Å². The molecule has 1 N–H and O–H groups in total. The van der Waals surface area contributed by atoms with Gasteiger partial charge in [0.15, 0.2) is 0 Å². The highest BCUT2D eigenvalue weighted by Crippen LogP contribution is 2.40. The highest BCUT2D eigenvalue weighted by Gasteiger charge is 2.36. The molecule has 1 aromatic carbocycles. The predicted molar refractivity (Wildman–Crippen MR) is 113 cm³/mol. The lowest BCUT2D eigenvalue weighted by molar-refractivity contribution is -0.137. The Bertz CT molecular complexity index is 911. The van der Waals surface area contributed by atoms with Crippen LogP contribution in [-0.2, 0) is 28.5 Å². The Morgan fingerprint density at radius 2 is 2.10 bits per heavy atom. The number of aldehydes is 1. The number of piperidine rings is 1. The number of alkyl halides is 3. The first-order chi connectivity index (χ1) is 14.8. The van der Waals surface area contributed by atoms with Crippen molar-refractivity contribution in [2.45, 2.75) is 25.4 Å². The van der Waals surface area contributed by atoms with Gasteiger partial charge in [-0.1, -0.05) is 0 Å². The van der Waals surface area contributed by atoms with E-state index in [2.05, 4.69) is 14.8 Å². The fourth-order valence-electron chi connectivity index (χ4n) is 5.05. The first-order valence-electron chi connectivity index (χ1n) is 11.0. The van der Waals surface area contributed by atoms with Gasteiger partial charge in [-0.15, -0.1) is 0 Å². The van der Waals surface area contributed by atoms with Crippen molar-refractivity contribution in [1.29, 1.82) is 0 Å². The summed E-state index contributed by atoms with van der Waals surface area (Å²) in [5.74, 6) is 1.07. The van der Waals surface area contributed by atoms with E-state index in [-0.39, 0.29) is 6.61 Å². The van der Waals surface area contributed by atoms with Crippen LogP contribution in [0.4, 0.5) is 13.2 Å². The number of carbonyl (C=O) groups excluding carboxylic acids is 1. The van der Waals surface area contributed by atoms with Gasteiger partial charge in [0.05, 0.1) is 12.2 Å². The van der Waals surface area contributed by atoms with Crippen LogP contribution in [0.2, 0.25) is 0 Å². The smallest absolute Gasteiger partial charge is 0.373 e. The van der Waals surface area contributed by atoms with Crippen LogP contribution in [0.5, 0.6) is 0 Å². The summed E-state index contributed by atoms with van der Waals surface area (Å²) < 4.78 is 44.8. The molecule has 0 amide bonds. The van der Waals surface area contributed by atoms with Crippen LogP contribution in [0.1, 0.15) is 23.2 Å². The minimum absolute atomic E-state index is 0.142. The first-order valence-corrected chi connectivity index (χ1v) is 11.0. The number of nitrogens with zero attached hydrogens (tertiary/aromatic N) is 2. The number of halogens is 3. The highest BCUT2D eigenvalue weighted by atomic mass is 19.4. The van der Waals surface area contributed by atoms with Gasteiger partial charge >= 0.3 is 6.18 Å². The molecule has 8 heteroatoms. The summed E-state index contributed by atoms with van der Waals surface area (Å²) >= 11 is 0. The summed E-state index contributed by atoms with van der Waals surface area (Å²) in [5.41, 5.74) is 2.44. The van der Waals surface area contributed by atoms with Crippen LogP contribution in [0.25, 0.3) is 10.9 Å². The summed E-state index contributed by atoms with van der Waals surface area (Å²) in [6.45, 7) is 5.41. The lowest BCUT2D eigenvalue weighted by Gasteiger charge is -2.41. The van der Waals surface area contributed by atoms with Crippen LogP contribution >= 0.6 is 0 Å². The molecule has 0 saturated carbocycles. The van der Waals surface area contributed by atoms with Gasteiger partial charge in [0.1, 0.15) is 12.9 Å². The molecule has 2 heterocycles. The Balaban J connectivity index is 1.38. The number of nitrogens with one attached hydrogen (secondary N) is 1. The Hall–Kier alpha value is -1.90. The Morgan fingerprint density at radius 1 is 1.26 bits per heavy atom. The van der Waals surface area contributed by atoms with Crippen LogP contribution in [0.3, 0.4) is 0 Å². The van der Waals surface area contributed by atoms with Crippen molar-refractivity contribution >= 4 is 17.2 Å². The van der Waals surface area contributed by atoms with Crippen molar-refractivity contribution in [3.05, 3.63) is 35.0 Å². The minimum Gasteiger partial charge on any atom is -0.373 e. The monoisotopic (exact) mass is 437 g/mol. The molecule has 1 aromatic heterocycles. The molecule has 170 valence electrons. The average Bonchev–Trinajstić information content (AvgIpc) is 3.09. The number of carbonyl (C=O) groups is 1. The second-order valence-electron chi connectivity index (χ2n) is 8.90. The summed E-state index contributed by atoms with van der Waals surface area (Å²) in [7, 11) is 2.05. The zero-order chi connectivity index (χ0) is 22.0. The van der Waals surface area contributed by atoms with Crippen molar-refractivity contribution in [3.63, 3.8) is 0 Å². The second-order valence-corrected chi connectivity index (χ2v) is 8.90. The third kappa shape index (κ3) is 5.13. The van der Waals surface area contributed by atoms with E-state index in [1.807, 2.05) is 7.05 Å². The average molecular weight is 438 g/mol. The number of aromatic nitrogens is 1. The molecule has 1 fully saturated rings. The molecular weight excluding hydrogens is 407 g/mol. The number of aromatic amines is 1. The van der Waals surface area contributed by atoms with Gasteiger partial charge < -0.3 is 24.3 Å². The Morgan fingerprint density at radius 3 is 2.87 bits per heavy atom. The summed E-state index contributed by atoms with van der Waals surface area (Å²) in [5, 5.41) is 0.732. The standard InChI is InChI=1S/C23H30F3N3O2/c1-28(8-10-31-11-9-30)6-7-29-5-4-16-13-22-19(12-17(16)15-29)20-14-18(23(24,25)26)2-3-21(20)27-22/h2-3,9,14,16-17,27H,4-8,10-13,15H2,1H3. The van der Waals surface area contributed by atoms with Gasteiger partial charge in [-0.25, -0.2) is 0 Å². The lowest BCUT2D eigenvalue weighted by Crippen LogP contribution is -2.46. The zero-order valence-electron chi connectivity index (χ0n) is 17.9. The molecule has 1 aliphatic carbocycles. The maximum Gasteiger partial charge on any atom is 0.416 e. The van der Waals surface area contributed by atoms with Gasteiger partial charge in [-0.05, 0) is 68.5 Å². The predicted octanol–water partition coefficient (Wildman–Crippen LogP) is 3.37. The third-order valence-corrected chi connectivity index (χ3v) is 6.83. The molecule has 5 nitrogen and oxygen atoms in total. The molecule has 2 aromatic rings. The number of hydrogen-bond donors (Lipinski definition) is 1. The van der Waals surface area contributed by atoms with E-state index in [4.69, 9.17) is 4.74 Å². The SMILES string of the molecule is CN(CCOCC=O)CCN1CCC2Cc3[nH]c4ccc(C(F)(F)F)cc4c3CC2C1. The number of rotatable bonds is 8. The molecule has 1 saturated heterocycles.